The summed E-state index contributed by atoms with van der Waals surface area (Å²) in [4.78, 5) is 7.22. The van der Waals surface area contributed by atoms with Gasteiger partial charge in [-0.2, -0.15) is 0 Å². The Kier molecular flexibility index (Phi) is 2.06. The van der Waals surface area contributed by atoms with Gasteiger partial charge in [-0.25, -0.2) is 4.98 Å². The van der Waals surface area contributed by atoms with Gasteiger partial charge in [0.1, 0.15) is 5.82 Å². The van der Waals surface area contributed by atoms with Crippen LogP contribution >= 0.6 is 0 Å². The highest BCUT2D eigenvalue weighted by atomic mass is 16.3. The van der Waals surface area contributed by atoms with Crippen LogP contribution < -0.4 is 0 Å². The van der Waals surface area contributed by atoms with E-state index in [2.05, 4.69) is 9.97 Å². The third-order valence-electron chi connectivity index (χ3n) is 1.52. The number of hydrogen-bond donors (Lipinski definition) is 2. The van der Waals surface area contributed by atoms with Gasteiger partial charge in [-0.1, -0.05) is 6.92 Å². The fourth-order valence-corrected chi connectivity index (χ4v) is 0.885. The molecule has 0 aliphatic heterocycles. The van der Waals surface area contributed by atoms with Gasteiger partial charge in [-0.05, 0) is 6.92 Å². The highest BCUT2D eigenvalue weighted by Gasteiger charge is 2.01. The Balaban J connectivity index is 2.92. The smallest absolute Gasteiger partial charge is 0.106 e. The van der Waals surface area contributed by atoms with Crippen LogP contribution in [0.15, 0.2) is 0 Å². The zero-order chi connectivity index (χ0) is 7.56. The molecule has 0 saturated heterocycles. The lowest BCUT2D eigenvalue weighted by Gasteiger charge is -1.85. The minimum absolute atomic E-state index is 0.0301. The molecule has 3 heteroatoms. The molecule has 10 heavy (non-hydrogen) atoms. The lowest BCUT2D eigenvalue weighted by Crippen LogP contribution is -1.85. The van der Waals surface area contributed by atoms with Gasteiger partial charge in [0.15, 0.2) is 0 Å². The zero-order valence-corrected chi connectivity index (χ0v) is 6.31. The molecule has 1 rings (SSSR count). The van der Waals surface area contributed by atoms with Gasteiger partial charge in [0.25, 0.3) is 0 Å². The molecule has 1 aromatic heterocycles. The van der Waals surface area contributed by atoms with Crippen LogP contribution in [0.5, 0.6) is 0 Å². The number of aliphatic hydroxyl groups is 1. The van der Waals surface area contributed by atoms with E-state index in [-0.39, 0.29) is 6.61 Å². The molecule has 0 amide bonds. The van der Waals surface area contributed by atoms with E-state index >= 15 is 0 Å². The molecule has 2 N–H and O–H groups in total. The number of hydrogen-bond acceptors (Lipinski definition) is 2. The maximum absolute atomic E-state index is 8.74. The Bertz CT molecular complexity index is 217. The molecule has 56 valence electrons. The van der Waals surface area contributed by atoms with Crippen LogP contribution in [0.2, 0.25) is 0 Å². The number of imidazole rings is 1. The second-order valence-electron chi connectivity index (χ2n) is 2.27. The van der Waals surface area contributed by atoms with Crippen molar-refractivity contribution in [3.8, 4) is 0 Å². The summed E-state index contributed by atoms with van der Waals surface area (Å²) in [5.74, 6) is 0.946. The molecular formula is C7H12N2O. The Morgan fingerprint density at radius 3 is 2.60 bits per heavy atom. The summed E-state index contributed by atoms with van der Waals surface area (Å²) >= 11 is 0. The maximum atomic E-state index is 8.74. The van der Waals surface area contributed by atoms with Gasteiger partial charge >= 0.3 is 0 Å². The number of aliphatic hydroxyl groups excluding tert-OH is 1. The van der Waals surface area contributed by atoms with E-state index in [1.54, 1.807) is 0 Å². The van der Waals surface area contributed by atoms with Crippen LogP contribution in [0.3, 0.4) is 0 Å². The molecule has 0 unspecified atom stereocenters. The maximum Gasteiger partial charge on any atom is 0.106 e. The van der Waals surface area contributed by atoms with E-state index < -0.39 is 0 Å². The van der Waals surface area contributed by atoms with Crippen molar-refractivity contribution in [2.45, 2.75) is 26.9 Å². The van der Waals surface area contributed by atoms with E-state index in [1.165, 1.54) is 0 Å². The summed E-state index contributed by atoms with van der Waals surface area (Å²) in [7, 11) is 0. The highest BCUT2D eigenvalue weighted by molar-refractivity contribution is 5.11. The molecule has 0 atom stereocenters. The largest absolute Gasteiger partial charge is 0.390 e. The average Bonchev–Trinajstić information content (AvgIpc) is 2.30. The SMILES string of the molecule is CCc1nc(CO)c(C)[nH]1. The molecule has 0 bridgehead atoms. The summed E-state index contributed by atoms with van der Waals surface area (Å²) in [6.45, 7) is 3.97. The van der Waals surface area contributed by atoms with Crippen LogP contribution in [0.4, 0.5) is 0 Å². The van der Waals surface area contributed by atoms with E-state index in [0.717, 1.165) is 23.6 Å². The Labute approximate surface area is 60.1 Å². The average molecular weight is 140 g/mol. The third kappa shape index (κ3) is 1.19. The number of aryl methyl sites for hydroxylation is 2. The highest BCUT2D eigenvalue weighted by Crippen LogP contribution is 2.04. The molecule has 1 heterocycles. The standard InChI is InChI=1S/C7H12N2O/c1-3-7-8-5(2)6(4-10)9-7/h10H,3-4H2,1-2H3,(H,8,9). The molecule has 0 fully saturated rings. The fourth-order valence-electron chi connectivity index (χ4n) is 0.885. The van der Waals surface area contributed by atoms with Gasteiger partial charge < -0.3 is 10.1 Å². The first-order chi connectivity index (χ1) is 4.77. The lowest BCUT2D eigenvalue weighted by molar-refractivity contribution is 0.276. The Morgan fingerprint density at radius 2 is 2.30 bits per heavy atom. The van der Waals surface area contributed by atoms with Gasteiger partial charge in [0.2, 0.25) is 0 Å². The molecule has 0 spiro atoms. The molecule has 0 aliphatic carbocycles. The topological polar surface area (TPSA) is 48.9 Å². The normalized spacial score (nSPS) is 10.3. The molecule has 1 aromatic rings. The van der Waals surface area contributed by atoms with Crippen LogP contribution in [0, 0.1) is 6.92 Å². The van der Waals surface area contributed by atoms with Crippen molar-refractivity contribution < 1.29 is 5.11 Å². The first-order valence-electron chi connectivity index (χ1n) is 3.43. The third-order valence-corrected chi connectivity index (χ3v) is 1.52. The van der Waals surface area contributed by atoms with Gasteiger partial charge in [0, 0.05) is 12.1 Å². The summed E-state index contributed by atoms with van der Waals surface area (Å²) in [5.41, 5.74) is 1.73. The minimum atomic E-state index is 0.0301. The molecule has 3 nitrogen and oxygen atoms in total. The first kappa shape index (κ1) is 7.28. The Morgan fingerprint density at radius 1 is 1.60 bits per heavy atom. The second kappa shape index (κ2) is 2.84. The number of nitrogens with zero attached hydrogens (tertiary/aromatic N) is 1. The summed E-state index contributed by atoms with van der Waals surface area (Å²) in [5, 5.41) is 8.74. The van der Waals surface area contributed by atoms with Crippen molar-refractivity contribution >= 4 is 0 Å². The number of aromatic amines is 1. The molecule has 0 saturated carbocycles. The van der Waals surface area contributed by atoms with Crippen molar-refractivity contribution in [3.05, 3.63) is 17.2 Å². The van der Waals surface area contributed by atoms with Crippen LogP contribution in [-0.4, -0.2) is 15.1 Å². The molecule has 0 radical (unpaired) electrons. The zero-order valence-electron chi connectivity index (χ0n) is 6.31. The van der Waals surface area contributed by atoms with Gasteiger partial charge in [-0.15, -0.1) is 0 Å². The minimum Gasteiger partial charge on any atom is -0.390 e. The van der Waals surface area contributed by atoms with Crippen molar-refractivity contribution in [1.29, 1.82) is 0 Å². The molecular weight excluding hydrogens is 128 g/mol. The predicted molar refractivity (Wildman–Crippen MR) is 38.6 cm³/mol. The number of rotatable bonds is 2. The molecule has 0 aromatic carbocycles. The summed E-state index contributed by atoms with van der Waals surface area (Å²) < 4.78 is 0. The Hall–Kier alpha value is -0.830. The van der Waals surface area contributed by atoms with Crippen LogP contribution in [-0.2, 0) is 13.0 Å². The van der Waals surface area contributed by atoms with Crippen LogP contribution in [0.1, 0.15) is 24.1 Å². The van der Waals surface area contributed by atoms with Crippen molar-refractivity contribution in [3.63, 3.8) is 0 Å². The van der Waals surface area contributed by atoms with E-state index in [4.69, 9.17) is 5.11 Å². The summed E-state index contributed by atoms with van der Waals surface area (Å²) in [6.07, 6.45) is 0.890. The van der Waals surface area contributed by atoms with Crippen molar-refractivity contribution in [1.82, 2.24) is 9.97 Å². The number of aromatic nitrogens is 2. The van der Waals surface area contributed by atoms with Crippen LogP contribution in [0.25, 0.3) is 0 Å². The van der Waals surface area contributed by atoms with E-state index in [0.29, 0.717) is 0 Å². The van der Waals surface area contributed by atoms with Gasteiger partial charge in [0.05, 0.1) is 12.3 Å². The quantitative estimate of drug-likeness (QED) is 0.637. The summed E-state index contributed by atoms with van der Waals surface area (Å²) in [6, 6.07) is 0. The number of H-pyrrole nitrogens is 1. The van der Waals surface area contributed by atoms with E-state index in [1.807, 2.05) is 13.8 Å². The molecule has 0 aliphatic rings. The fraction of sp³-hybridized carbons (Fsp3) is 0.571. The lowest BCUT2D eigenvalue weighted by atomic mass is 10.4. The van der Waals surface area contributed by atoms with Gasteiger partial charge in [-0.3, -0.25) is 0 Å². The number of nitrogens with one attached hydrogen (secondary N) is 1. The second-order valence-corrected chi connectivity index (χ2v) is 2.27. The monoisotopic (exact) mass is 140 g/mol. The van der Waals surface area contributed by atoms with Crippen molar-refractivity contribution in [2.75, 3.05) is 0 Å². The first-order valence-corrected chi connectivity index (χ1v) is 3.43. The predicted octanol–water partition coefficient (Wildman–Crippen LogP) is 0.773. The van der Waals surface area contributed by atoms with E-state index in [9.17, 15) is 0 Å². The van der Waals surface area contributed by atoms with Crippen molar-refractivity contribution in [2.24, 2.45) is 0 Å².